The van der Waals surface area contributed by atoms with Crippen molar-refractivity contribution in [3.63, 3.8) is 0 Å². The van der Waals surface area contributed by atoms with Crippen molar-refractivity contribution in [2.45, 2.75) is 6.73 Å². The van der Waals surface area contributed by atoms with Gasteiger partial charge in [-0.15, -0.1) is 5.10 Å². The van der Waals surface area contributed by atoms with Crippen LogP contribution in [0.4, 0.5) is 0 Å². The SMILES string of the molecule is COCn1nc(-c2ccccc2)oc1=S. The van der Waals surface area contributed by atoms with E-state index in [0.29, 0.717) is 17.5 Å². The molecule has 0 aliphatic heterocycles. The highest BCUT2D eigenvalue weighted by molar-refractivity contribution is 7.71. The first kappa shape index (κ1) is 10.1. The highest BCUT2D eigenvalue weighted by Gasteiger charge is 2.06. The lowest BCUT2D eigenvalue weighted by molar-refractivity contribution is 0.117. The molecule has 0 N–H and O–H groups in total. The summed E-state index contributed by atoms with van der Waals surface area (Å²) in [6.45, 7) is 0.301. The summed E-state index contributed by atoms with van der Waals surface area (Å²) < 4.78 is 11.8. The summed E-state index contributed by atoms with van der Waals surface area (Å²) in [5, 5.41) is 4.19. The van der Waals surface area contributed by atoms with Gasteiger partial charge in [0.15, 0.2) is 0 Å². The van der Waals surface area contributed by atoms with Crippen LogP contribution in [0.2, 0.25) is 0 Å². The van der Waals surface area contributed by atoms with E-state index in [-0.39, 0.29) is 0 Å². The Morgan fingerprint density at radius 2 is 2.13 bits per heavy atom. The molecule has 0 aliphatic rings. The van der Waals surface area contributed by atoms with Gasteiger partial charge in [-0.2, -0.15) is 4.68 Å². The van der Waals surface area contributed by atoms with Crippen molar-refractivity contribution >= 4 is 12.2 Å². The van der Waals surface area contributed by atoms with Crippen LogP contribution in [0, 0.1) is 4.84 Å². The molecule has 0 amide bonds. The first-order valence-electron chi connectivity index (χ1n) is 4.43. The number of hydrogen-bond donors (Lipinski definition) is 0. The second-order valence-corrected chi connectivity index (χ2v) is 3.31. The molecule has 0 radical (unpaired) electrons. The maximum Gasteiger partial charge on any atom is 0.289 e. The molecule has 4 nitrogen and oxygen atoms in total. The highest BCUT2D eigenvalue weighted by Crippen LogP contribution is 2.16. The fraction of sp³-hybridized carbons (Fsp3) is 0.200. The van der Waals surface area contributed by atoms with Gasteiger partial charge >= 0.3 is 0 Å². The smallest absolute Gasteiger partial charge is 0.289 e. The van der Waals surface area contributed by atoms with E-state index in [9.17, 15) is 0 Å². The zero-order chi connectivity index (χ0) is 10.7. The van der Waals surface area contributed by atoms with Crippen LogP contribution in [-0.4, -0.2) is 16.9 Å². The van der Waals surface area contributed by atoms with Crippen molar-refractivity contribution in [1.29, 1.82) is 0 Å². The van der Waals surface area contributed by atoms with E-state index in [4.69, 9.17) is 21.4 Å². The Balaban J connectivity index is 2.39. The maximum atomic E-state index is 5.34. The summed E-state index contributed by atoms with van der Waals surface area (Å²) in [5.41, 5.74) is 0.901. The van der Waals surface area contributed by atoms with Gasteiger partial charge in [0.1, 0.15) is 6.73 Å². The molecule has 0 saturated carbocycles. The van der Waals surface area contributed by atoms with Crippen LogP contribution < -0.4 is 0 Å². The van der Waals surface area contributed by atoms with Gasteiger partial charge in [0.05, 0.1) is 0 Å². The Kier molecular flexibility index (Phi) is 2.94. The standard InChI is InChI=1S/C10H10N2O2S/c1-13-7-12-10(15)14-9(11-12)8-5-3-2-4-6-8/h2-6H,7H2,1H3. The Hall–Kier alpha value is -1.46. The summed E-state index contributed by atoms with van der Waals surface area (Å²) in [5.74, 6) is 0.512. The van der Waals surface area contributed by atoms with Gasteiger partial charge in [0.2, 0.25) is 5.89 Å². The number of hydrogen-bond acceptors (Lipinski definition) is 4. The van der Waals surface area contributed by atoms with Crippen LogP contribution in [-0.2, 0) is 11.5 Å². The van der Waals surface area contributed by atoms with Gasteiger partial charge in [0, 0.05) is 12.7 Å². The second kappa shape index (κ2) is 4.37. The zero-order valence-electron chi connectivity index (χ0n) is 8.21. The molecular formula is C10H10N2O2S. The molecule has 0 bridgehead atoms. The van der Waals surface area contributed by atoms with Gasteiger partial charge in [0.25, 0.3) is 4.84 Å². The summed E-state index contributed by atoms with van der Waals surface area (Å²) >= 11 is 4.99. The predicted molar refractivity (Wildman–Crippen MR) is 57.8 cm³/mol. The van der Waals surface area contributed by atoms with Crippen LogP contribution in [0.25, 0.3) is 11.5 Å². The molecule has 2 aromatic rings. The average molecular weight is 222 g/mol. The summed E-state index contributed by atoms with van der Waals surface area (Å²) in [6.07, 6.45) is 0. The Morgan fingerprint density at radius 1 is 1.40 bits per heavy atom. The first-order chi connectivity index (χ1) is 7.31. The molecule has 1 aromatic carbocycles. The van der Waals surface area contributed by atoms with Crippen molar-refractivity contribution in [1.82, 2.24) is 9.78 Å². The molecule has 78 valence electrons. The molecule has 1 aromatic heterocycles. The van der Waals surface area contributed by atoms with Gasteiger partial charge in [-0.25, -0.2) is 0 Å². The molecule has 0 atom stereocenters. The van der Waals surface area contributed by atoms with Gasteiger partial charge in [-0.1, -0.05) is 18.2 Å². The van der Waals surface area contributed by atoms with Crippen LogP contribution >= 0.6 is 12.2 Å². The maximum absolute atomic E-state index is 5.34. The molecule has 0 fully saturated rings. The van der Waals surface area contributed by atoms with E-state index in [1.165, 1.54) is 4.68 Å². The minimum atomic E-state index is 0.301. The molecule has 0 unspecified atom stereocenters. The minimum absolute atomic E-state index is 0.301. The molecule has 0 aliphatic carbocycles. The third kappa shape index (κ3) is 2.14. The van der Waals surface area contributed by atoms with Gasteiger partial charge in [-0.05, 0) is 24.4 Å². The minimum Gasteiger partial charge on any atom is -0.409 e. The van der Waals surface area contributed by atoms with E-state index in [1.54, 1.807) is 7.11 Å². The van der Waals surface area contributed by atoms with Crippen molar-refractivity contribution < 1.29 is 9.15 Å². The third-order valence-electron chi connectivity index (χ3n) is 1.88. The quantitative estimate of drug-likeness (QED) is 0.748. The van der Waals surface area contributed by atoms with Crippen molar-refractivity contribution in [2.75, 3.05) is 7.11 Å². The molecule has 1 heterocycles. The van der Waals surface area contributed by atoms with Crippen LogP contribution in [0.15, 0.2) is 34.7 Å². The molecule has 0 saturated heterocycles. The summed E-state index contributed by atoms with van der Waals surface area (Å²) in [7, 11) is 1.58. The monoisotopic (exact) mass is 222 g/mol. The lowest BCUT2D eigenvalue weighted by atomic mass is 10.2. The zero-order valence-corrected chi connectivity index (χ0v) is 9.03. The van der Waals surface area contributed by atoms with Crippen molar-refractivity contribution in [3.05, 3.63) is 35.2 Å². The number of ether oxygens (including phenoxy) is 1. The molecule has 0 spiro atoms. The number of methoxy groups -OCH3 is 1. The molecule has 2 rings (SSSR count). The van der Waals surface area contributed by atoms with E-state index < -0.39 is 0 Å². The predicted octanol–water partition coefficient (Wildman–Crippen LogP) is 2.48. The van der Waals surface area contributed by atoms with Gasteiger partial charge in [-0.3, -0.25) is 0 Å². The largest absolute Gasteiger partial charge is 0.409 e. The average Bonchev–Trinajstić information content (AvgIpc) is 2.63. The number of rotatable bonds is 3. The number of nitrogens with zero attached hydrogens (tertiary/aromatic N) is 2. The fourth-order valence-electron chi connectivity index (χ4n) is 1.21. The van der Waals surface area contributed by atoms with E-state index in [1.807, 2.05) is 30.3 Å². The summed E-state index contributed by atoms with van der Waals surface area (Å²) in [4.78, 5) is 0.315. The third-order valence-corrected chi connectivity index (χ3v) is 2.17. The van der Waals surface area contributed by atoms with E-state index >= 15 is 0 Å². The topological polar surface area (TPSA) is 40.2 Å². The highest BCUT2D eigenvalue weighted by atomic mass is 32.1. The molecule has 5 heteroatoms. The molecular weight excluding hydrogens is 212 g/mol. The van der Waals surface area contributed by atoms with Crippen LogP contribution in [0.5, 0.6) is 0 Å². The Bertz CT molecular complexity index is 490. The second-order valence-electron chi connectivity index (χ2n) is 2.96. The summed E-state index contributed by atoms with van der Waals surface area (Å²) in [6, 6.07) is 9.60. The number of aromatic nitrogens is 2. The van der Waals surface area contributed by atoms with Crippen molar-refractivity contribution in [3.8, 4) is 11.5 Å². The first-order valence-corrected chi connectivity index (χ1v) is 4.84. The fourth-order valence-corrected chi connectivity index (χ4v) is 1.38. The Morgan fingerprint density at radius 3 is 2.80 bits per heavy atom. The number of benzene rings is 1. The van der Waals surface area contributed by atoms with E-state index in [0.717, 1.165) is 5.56 Å². The van der Waals surface area contributed by atoms with Crippen LogP contribution in [0.1, 0.15) is 0 Å². The Labute approximate surface area is 92.1 Å². The van der Waals surface area contributed by atoms with Crippen LogP contribution in [0.3, 0.4) is 0 Å². The lowest BCUT2D eigenvalue weighted by Gasteiger charge is -1.94. The molecule has 15 heavy (non-hydrogen) atoms. The normalized spacial score (nSPS) is 10.5. The van der Waals surface area contributed by atoms with Gasteiger partial charge < -0.3 is 9.15 Å². The lowest BCUT2D eigenvalue weighted by Crippen LogP contribution is -2.01. The van der Waals surface area contributed by atoms with Crippen molar-refractivity contribution in [2.24, 2.45) is 0 Å². The van der Waals surface area contributed by atoms with E-state index in [2.05, 4.69) is 5.10 Å².